The van der Waals surface area contributed by atoms with Crippen LogP contribution in [0, 0.1) is 0 Å². The molecule has 0 bridgehead atoms. The molecule has 0 saturated heterocycles. The lowest BCUT2D eigenvalue weighted by Gasteiger charge is -2.06. The van der Waals surface area contributed by atoms with Crippen molar-refractivity contribution in [3.63, 3.8) is 0 Å². The summed E-state index contributed by atoms with van der Waals surface area (Å²) >= 11 is 7.26. The summed E-state index contributed by atoms with van der Waals surface area (Å²) in [5, 5.41) is 5.59. The average molecular weight is 270 g/mol. The van der Waals surface area contributed by atoms with Crippen LogP contribution in [0.1, 0.15) is 18.8 Å². The van der Waals surface area contributed by atoms with Crippen molar-refractivity contribution in [3.05, 3.63) is 29.2 Å². The smallest absolute Gasteiger partial charge is 0.208 e. The zero-order valence-electron chi connectivity index (χ0n) is 9.46. The maximum atomic E-state index is 5.86. The molecule has 0 spiro atoms. The molecule has 0 saturated carbocycles. The van der Waals surface area contributed by atoms with Crippen LogP contribution in [-0.4, -0.2) is 26.0 Å². The van der Waals surface area contributed by atoms with Gasteiger partial charge in [0, 0.05) is 6.20 Å². The minimum absolute atomic E-state index is 0.208. The van der Waals surface area contributed by atoms with Gasteiger partial charge in [-0.1, -0.05) is 23.4 Å². The lowest BCUT2D eigenvalue weighted by molar-refractivity contribution is 0.680. The summed E-state index contributed by atoms with van der Waals surface area (Å²) in [6.45, 7) is 1.86. The van der Waals surface area contributed by atoms with Crippen molar-refractivity contribution < 1.29 is 0 Å². The first kappa shape index (κ1) is 12.3. The first-order valence-corrected chi connectivity index (χ1v) is 6.60. The highest BCUT2D eigenvalue weighted by Gasteiger charge is 2.15. The predicted molar refractivity (Wildman–Crippen MR) is 68.5 cm³/mol. The predicted octanol–water partition coefficient (Wildman–Crippen LogP) is 2.06. The fourth-order valence-electron chi connectivity index (χ4n) is 1.35. The standard InChI is InChI=1S/C10H12ClN5S/c1-6(12)9-14-10(17-2)15-16(9)8-4-3-7(11)5-13-8/h3-6H,12H2,1-2H3/t6-/m0/s1. The van der Waals surface area contributed by atoms with E-state index in [1.165, 1.54) is 11.8 Å². The number of hydrogen-bond acceptors (Lipinski definition) is 5. The van der Waals surface area contributed by atoms with Crippen LogP contribution >= 0.6 is 23.4 Å². The first-order chi connectivity index (χ1) is 8.11. The second-order valence-corrected chi connectivity index (χ2v) is 4.70. The molecule has 2 rings (SSSR count). The molecule has 0 amide bonds. The van der Waals surface area contributed by atoms with Crippen molar-refractivity contribution in [2.45, 2.75) is 18.1 Å². The Kier molecular flexibility index (Phi) is 3.66. The molecule has 0 aliphatic carbocycles. The van der Waals surface area contributed by atoms with E-state index in [9.17, 15) is 0 Å². The van der Waals surface area contributed by atoms with Gasteiger partial charge in [0.05, 0.1) is 11.1 Å². The van der Waals surface area contributed by atoms with Crippen LogP contribution in [0.5, 0.6) is 0 Å². The summed E-state index contributed by atoms with van der Waals surface area (Å²) < 4.78 is 1.65. The van der Waals surface area contributed by atoms with Crippen molar-refractivity contribution >= 4 is 23.4 Å². The van der Waals surface area contributed by atoms with Crippen LogP contribution in [0.3, 0.4) is 0 Å². The molecular weight excluding hydrogens is 258 g/mol. The Morgan fingerprint density at radius 2 is 2.24 bits per heavy atom. The Morgan fingerprint density at radius 3 is 2.76 bits per heavy atom. The van der Waals surface area contributed by atoms with Crippen LogP contribution in [-0.2, 0) is 0 Å². The lowest BCUT2D eigenvalue weighted by Crippen LogP contribution is -2.14. The van der Waals surface area contributed by atoms with E-state index in [1.54, 1.807) is 23.0 Å². The SMILES string of the molecule is CSc1nc([C@H](C)N)n(-c2ccc(Cl)cn2)n1. The number of hydrogen-bond donors (Lipinski definition) is 1. The topological polar surface area (TPSA) is 69.6 Å². The molecule has 0 aromatic carbocycles. The van der Waals surface area contributed by atoms with Gasteiger partial charge in [-0.15, -0.1) is 5.10 Å². The summed E-state index contributed by atoms with van der Waals surface area (Å²) in [4.78, 5) is 8.55. The van der Waals surface area contributed by atoms with Crippen molar-refractivity contribution in [1.82, 2.24) is 19.7 Å². The molecule has 17 heavy (non-hydrogen) atoms. The zero-order valence-corrected chi connectivity index (χ0v) is 11.0. The van der Waals surface area contributed by atoms with Gasteiger partial charge in [0.25, 0.3) is 0 Å². The fraction of sp³-hybridized carbons (Fsp3) is 0.300. The number of pyridine rings is 1. The normalized spacial score (nSPS) is 12.7. The maximum absolute atomic E-state index is 5.86. The van der Waals surface area contributed by atoms with Crippen molar-refractivity contribution in [2.24, 2.45) is 5.73 Å². The number of nitrogens with zero attached hydrogens (tertiary/aromatic N) is 4. The molecule has 0 aliphatic heterocycles. The second-order valence-electron chi connectivity index (χ2n) is 3.49. The van der Waals surface area contributed by atoms with Crippen LogP contribution in [0.15, 0.2) is 23.5 Å². The second kappa shape index (κ2) is 5.03. The molecule has 90 valence electrons. The van der Waals surface area contributed by atoms with E-state index in [4.69, 9.17) is 17.3 Å². The van der Waals surface area contributed by atoms with Gasteiger partial charge in [0.15, 0.2) is 11.6 Å². The third kappa shape index (κ3) is 2.59. The Balaban J connectivity index is 2.49. The van der Waals surface area contributed by atoms with E-state index < -0.39 is 0 Å². The van der Waals surface area contributed by atoms with Gasteiger partial charge in [0.2, 0.25) is 5.16 Å². The lowest BCUT2D eigenvalue weighted by atomic mass is 10.3. The number of rotatable bonds is 3. The summed E-state index contributed by atoms with van der Waals surface area (Å²) in [6.07, 6.45) is 3.49. The van der Waals surface area contributed by atoms with Crippen LogP contribution < -0.4 is 5.73 Å². The van der Waals surface area contributed by atoms with E-state index in [0.717, 1.165) is 0 Å². The van der Waals surface area contributed by atoms with E-state index in [2.05, 4.69) is 15.1 Å². The number of thioether (sulfide) groups is 1. The largest absolute Gasteiger partial charge is 0.322 e. The molecule has 0 radical (unpaired) electrons. The van der Waals surface area contributed by atoms with Gasteiger partial charge in [-0.25, -0.2) is 9.97 Å². The Labute approximate surface area is 108 Å². The van der Waals surface area contributed by atoms with E-state index in [-0.39, 0.29) is 6.04 Å². The molecule has 0 aliphatic rings. The number of nitrogens with two attached hydrogens (primary N) is 1. The highest BCUT2D eigenvalue weighted by molar-refractivity contribution is 7.98. The molecular formula is C10H12ClN5S. The van der Waals surface area contributed by atoms with E-state index in [1.807, 2.05) is 13.2 Å². The minimum atomic E-state index is -0.208. The van der Waals surface area contributed by atoms with Gasteiger partial charge in [-0.05, 0) is 25.3 Å². The third-order valence-electron chi connectivity index (χ3n) is 2.13. The quantitative estimate of drug-likeness (QED) is 0.864. The Hall–Kier alpha value is -1.11. The maximum Gasteiger partial charge on any atom is 0.208 e. The molecule has 0 unspecified atom stereocenters. The first-order valence-electron chi connectivity index (χ1n) is 5.00. The van der Waals surface area contributed by atoms with Gasteiger partial charge < -0.3 is 5.73 Å². The molecule has 2 heterocycles. The van der Waals surface area contributed by atoms with Crippen LogP contribution in [0.4, 0.5) is 0 Å². The number of halogens is 1. The molecule has 0 fully saturated rings. The molecule has 2 aromatic rings. The molecule has 7 heteroatoms. The van der Waals surface area contributed by atoms with Crippen LogP contribution in [0.2, 0.25) is 5.02 Å². The Bertz CT molecular complexity index is 508. The van der Waals surface area contributed by atoms with Gasteiger partial charge in [-0.3, -0.25) is 0 Å². The summed E-state index contributed by atoms with van der Waals surface area (Å²) in [6, 6.07) is 3.34. The third-order valence-corrected chi connectivity index (χ3v) is 2.89. The minimum Gasteiger partial charge on any atom is -0.322 e. The van der Waals surface area contributed by atoms with Crippen molar-refractivity contribution in [2.75, 3.05) is 6.26 Å². The summed E-state index contributed by atoms with van der Waals surface area (Å²) in [5.74, 6) is 1.35. The van der Waals surface area contributed by atoms with E-state index in [0.29, 0.717) is 21.8 Å². The van der Waals surface area contributed by atoms with Crippen molar-refractivity contribution in [3.8, 4) is 5.82 Å². The molecule has 5 nitrogen and oxygen atoms in total. The monoisotopic (exact) mass is 269 g/mol. The van der Waals surface area contributed by atoms with E-state index >= 15 is 0 Å². The molecule has 1 atom stereocenters. The molecule has 2 N–H and O–H groups in total. The Morgan fingerprint density at radius 1 is 1.47 bits per heavy atom. The van der Waals surface area contributed by atoms with Gasteiger partial charge in [-0.2, -0.15) is 4.68 Å². The van der Waals surface area contributed by atoms with Gasteiger partial charge >= 0.3 is 0 Å². The summed E-state index contributed by atoms with van der Waals surface area (Å²) in [7, 11) is 0. The number of aromatic nitrogens is 4. The average Bonchev–Trinajstić information content (AvgIpc) is 2.74. The summed E-state index contributed by atoms with van der Waals surface area (Å²) in [5.41, 5.74) is 5.86. The fourth-order valence-corrected chi connectivity index (χ4v) is 1.81. The highest BCUT2D eigenvalue weighted by Crippen LogP contribution is 2.18. The highest BCUT2D eigenvalue weighted by atomic mass is 35.5. The van der Waals surface area contributed by atoms with Crippen molar-refractivity contribution in [1.29, 1.82) is 0 Å². The van der Waals surface area contributed by atoms with Gasteiger partial charge in [0.1, 0.15) is 0 Å². The molecule has 2 aromatic heterocycles. The zero-order chi connectivity index (χ0) is 12.4. The van der Waals surface area contributed by atoms with Crippen LogP contribution in [0.25, 0.3) is 5.82 Å².